The monoisotopic (exact) mass is 326 g/mol. The van der Waals surface area contributed by atoms with Crippen LogP contribution in [0.2, 0.25) is 0 Å². The number of unbranched alkanes of at least 4 members (excludes halogenated alkanes) is 6. The van der Waals surface area contributed by atoms with Crippen LogP contribution in [0, 0.1) is 0 Å². The molecule has 0 unspecified atom stereocenters. The van der Waals surface area contributed by atoms with Crippen molar-refractivity contribution in [2.24, 2.45) is 0 Å². The molecule has 0 amide bonds. The lowest BCUT2D eigenvalue weighted by Crippen LogP contribution is -2.01. The van der Waals surface area contributed by atoms with Crippen molar-refractivity contribution in [1.29, 1.82) is 0 Å². The van der Waals surface area contributed by atoms with Gasteiger partial charge in [0, 0.05) is 0 Å². The number of hydrogen-bond acceptors (Lipinski definition) is 2. The molecule has 0 saturated carbocycles. The largest absolute Gasteiger partial charge is 0.294 e. The molecule has 0 fully saturated rings. The van der Waals surface area contributed by atoms with Crippen molar-refractivity contribution in [2.45, 2.75) is 82.4 Å². The predicted octanol–water partition coefficient (Wildman–Crippen LogP) is 5.57. The van der Waals surface area contributed by atoms with Crippen LogP contribution in [0.5, 0.6) is 0 Å². The standard InChI is InChI=1S/C18H30O3S/c1-3-5-6-7-8-9-10-11-16(4-2)17-12-14-18(15-13-17)22(19,20)21/h12-16H,3-11H2,1-2H3,(H,19,20,21)/t16-/m1/s1. The molecule has 0 aliphatic heterocycles. The topological polar surface area (TPSA) is 54.4 Å². The Kier molecular flexibility index (Phi) is 8.72. The fourth-order valence-electron chi connectivity index (χ4n) is 2.87. The molecule has 1 aromatic rings. The van der Waals surface area contributed by atoms with Gasteiger partial charge in [0.1, 0.15) is 0 Å². The van der Waals surface area contributed by atoms with Gasteiger partial charge < -0.3 is 0 Å². The summed E-state index contributed by atoms with van der Waals surface area (Å²) in [5, 5.41) is 0. The summed E-state index contributed by atoms with van der Waals surface area (Å²) in [5.74, 6) is 0.478. The van der Waals surface area contributed by atoms with Crippen molar-refractivity contribution in [3.63, 3.8) is 0 Å². The lowest BCUT2D eigenvalue weighted by Gasteiger charge is -2.15. The van der Waals surface area contributed by atoms with Gasteiger partial charge in [-0.2, -0.15) is 8.42 Å². The van der Waals surface area contributed by atoms with Crippen molar-refractivity contribution in [3.05, 3.63) is 29.8 Å². The maximum Gasteiger partial charge on any atom is 0.294 e. The summed E-state index contributed by atoms with van der Waals surface area (Å²) < 4.78 is 31.1. The highest BCUT2D eigenvalue weighted by Gasteiger charge is 2.12. The van der Waals surface area contributed by atoms with Gasteiger partial charge in [0.15, 0.2) is 0 Å². The highest BCUT2D eigenvalue weighted by atomic mass is 32.2. The van der Waals surface area contributed by atoms with E-state index in [1.807, 2.05) is 12.1 Å². The highest BCUT2D eigenvalue weighted by molar-refractivity contribution is 7.85. The van der Waals surface area contributed by atoms with Gasteiger partial charge in [0.2, 0.25) is 0 Å². The lowest BCUT2D eigenvalue weighted by molar-refractivity contribution is 0.483. The van der Waals surface area contributed by atoms with Gasteiger partial charge in [0.05, 0.1) is 4.90 Å². The van der Waals surface area contributed by atoms with Crippen LogP contribution in [0.15, 0.2) is 29.2 Å². The molecule has 0 saturated heterocycles. The van der Waals surface area contributed by atoms with E-state index >= 15 is 0 Å². The van der Waals surface area contributed by atoms with Gasteiger partial charge in [-0.1, -0.05) is 70.9 Å². The van der Waals surface area contributed by atoms with Crippen LogP contribution in [0.25, 0.3) is 0 Å². The molecule has 1 atom stereocenters. The molecule has 0 aliphatic rings. The Balaban J connectivity index is 2.41. The third kappa shape index (κ3) is 6.93. The molecule has 0 aromatic heterocycles. The first-order valence-electron chi connectivity index (χ1n) is 8.56. The summed E-state index contributed by atoms with van der Waals surface area (Å²) >= 11 is 0. The summed E-state index contributed by atoms with van der Waals surface area (Å²) in [6.07, 6.45) is 11.4. The molecule has 3 nitrogen and oxygen atoms in total. The van der Waals surface area contributed by atoms with Gasteiger partial charge >= 0.3 is 0 Å². The van der Waals surface area contributed by atoms with Crippen molar-refractivity contribution in [3.8, 4) is 0 Å². The van der Waals surface area contributed by atoms with Gasteiger partial charge in [-0.05, 0) is 36.5 Å². The van der Waals surface area contributed by atoms with Gasteiger partial charge in [0.25, 0.3) is 10.1 Å². The smallest absolute Gasteiger partial charge is 0.282 e. The maximum atomic E-state index is 11.1. The first kappa shape index (κ1) is 19.2. The molecular formula is C18H30O3S. The summed E-state index contributed by atoms with van der Waals surface area (Å²) in [6, 6.07) is 6.66. The van der Waals surface area contributed by atoms with Crippen LogP contribution >= 0.6 is 0 Å². The first-order valence-corrected chi connectivity index (χ1v) is 10.0. The Bertz CT molecular complexity index is 506. The van der Waals surface area contributed by atoms with Gasteiger partial charge in [-0.3, -0.25) is 4.55 Å². The lowest BCUT2D eigenvalue weighted by atomic mass is 9.91. The van der Waals surface area contributed by atoms with E-state index in [-0.39, 0.29) is 4.90 Å². The SMILES string of the molecule is CCCCCCCCC[C@@H](CC)c1ccc(S(=O)(=O)O)cc1. The van der Waals surface area contributed by atoms with E-state index in [0.717, 1.165) is 12.8 Å². The molecule has 0 aliphatic carbocycles. The fourth-order valence-corrected chi connectivity index (χ4v) is 3.35. The summed E-state index contributed by atoms with van der Waals surface area (Å²) in [6.45, 7) is 4.40. The van der Waals surface area contributed by atoms with E-state index < -0.39 is 10.1 Å². The number of benzene rings is 1. The molecule has 0 heterocycles. The zero-order chi connectivity index (χ0) is 16.4. The predicted molar refractivity (Wildman–Crippen MR) is 91.9 cm³/mol. The average Bonchev–Trinajstić information content (AvgIpc) is 2.49. The van der Waals surface area contributed by atoms with Crippen LogP contribution in [-0.4, -0.2) is 13.0 Å². The van der Waals surface area contributed by atoms with Crippen molar-refractivity contribution in [1.82, 2.24) is 0 Å². The normalized spacial score (nSPS) is 13.2. The summed E-state index contributed by atoms with van der Waals surface area (Å²) in [5.41, 5.74) is 1.17. The molecule has 1 N–H and O–H groups in total. The average molecular weight is 327 g/mol. The van der Waals surface area contributed by atoms with Crippen LogP contribution in [-0.2, 0) is 10.1 Å². The number of hydrogen-bond donors (Lipinski definition) is 1. The van der Waals surface area contributed by atoms with Crippen LogP contribution in [0.3, 0.4) is 0 Å². The zero-order valence-corrected chi connectivity index (χ0v) is 14.7. The molecule has 4 heteroatoms. The molecule has 22 heavy (non-hydrogen) atoms. The third-order valence-electron chi connectivity index (χ3n) is 4.30. The van der Waals surface area contributed by atoms with E-state index in [2.05, 4.69) is 13.8 Å². The van der Waals surface area contributed by atoms with E-state index in [9.17, 15) is 8.42 Å². The molecule has 1 aromatic carbocycles. The molecule has 0 bridgehead atoms. The molecular weight excluding hydrogens is 296 g/mol. The Morgan fingerprint density at radius 3 is 1.95 bits per heavy atom. The third-order valence-corrected chi connectivity index (χ3v) is 5.17. The minimum absolute atomic E-state index is 0.0259. The quantitative estimate of drug-likeness (QED) is 0.427. The Morgan fingerprint density at radius 2 is 1.45 bits per heavy atom. The van der Waals surface area contributed by atoms with Crippen molar-refractivity contribution >= 4 is 10.1 Å². The van der Waals surface area contributed by atoms with Crippen LogP contribution < -0.4 is 0 Å². The molecule has 1 rings (SSSR count). The molecule has 0 radical (unpaired) electrons. The van der Waals surface area contributed by atoms with E-state index in [1.54, 1.807) is 0 Å². The maximum absolute atomic E-state index is 11.1. The second-order valence-electron chi connectivity index (χ2n) is 6.06. The molecule has 0 spiro atoms. The first-order chi connectivity index (χ1) is 10.5. The minimum Gasteiger partial charge on any atom is -0.282 e. The van der Waals surface area contributed by atoms with Crippen LogP contribution in [0.4, 0.5) is 0 Å². The Hall–Kier alpha value is -0.870. The van der Waals surface area contributed by atoms with E-state index in [1.165, 1.54) is 62.6 Å². The Labute approximate surface area is 135 Å². The highest BCUT2D eigenvalue weighted by Crippen LogP contribution is 2.27. The van der Waals surface area contributed by atoms with Crippen molar-refractivity contribution < 1.29 is 13.0 Å². The van der Waals surface area contributed by atoms with Gasteiger partial charge in [-0.25, -0.2) is 0 Å². The van der Waals surface area contributed by atoms with E-state index in [0.29, 0.717) is 5.92 Å². The van der Waals surface area contributed by atoms with Crippen molar-refractivity contribution in [2.75, 3.05) is 0 Å². The van der Waals surface area contributed by atoms with Gasteiger partial charge in [-0.15, -0.1) is 0 Å². The summed E-state index contributed by atoms with van der Waals surface area (Å²) in [7, 11) is -4.08. The fraction of sp³-hybridized carbons (Fsp3) is 0.667. The second-order valence-corrected chi connectivity index (χ2v) is 7.48. The zero-order valence-electron chi connectivity index (χ0n) is 13.9. The number of rotatable bonds is 11. The van der Waals surface area contributed by atoms with Crippen LogP contribution in [0.1, 0.15) is 83.1 Å². The Morgan fingerprint density at radius 1 is 0.909 bits per heavy atom. The molecule has 126 valence electrons. The van der Waals surface area contributed by atoms with E-state index in [4.69, 9.17) is 4.55 Å². The minimum atomic E-state index is -4.08. The second kappa shape index (κ2) is 10.0. The summed E-state index contributed by atoms with van der Waals surface area (Å²) in [4.78, 5) is -0.0259.